The number of hydrogen-bond donors (Lipinski definition) is 3. The summed E-state index contributed by atoms with van der Waals surface area (Å²) in [5.41, 5.74) is 2.91. The van der Waals surface area contributed by atoms with Gasteiger partial charge in [0.05, 0.1) is 66.4 Å². The van der Waals surface area contributed by atoms with E-state index in [1.54, 1.807) is 47.0 Å². The Morgan fingerprint density at radius 2 is 1.28 bits per heavy atom. The minimum atomic E-state index is -1.11. The molecule has 0 aromatic heterocycles. The van der Waals surface area contributed by atoms with E-state index in [0.29, 0.717) is 27.8 Å². The Balaban J connectivity index is 3.30. The Morgan fingerprint density at radius 1 is 0.750 bits per heavy atom. The minimum absolute atomic E-state index is 0.0204. The Bertz CT molecular complexity index is 634. The number of amides is 1. The maximum absolute atomic E-state index is 11.8. The summed E-state index contributed by atoms with van der Waals surface area (Å²) in [6, 6.07) is 0. The van der Waals surface area contributed by atoms with Gasteiger partial charge >= 0.3 is 0 Å². The van der Waals surface area contributed by atoms with E-state index in [4.69, 9.17) is 5.11 Å². The molecular formula is C16H31N3O4S13. The van der Waals surface area contributed by atoms with Gasteiger partial charge in [-0.25, -0.2) is 0 Å². The number of carbonyl (C=O) groups excluding carboxylic acids is 1. The lowest BCUT2D eigenvalue weighted by molar-refractivity contribution is 0.262. The van der Waals surface area contributed by atoms with Gasteiger partial charge in [0.15, 0.2) is 0 Å². The zero-order valence-corrected chi connectivity index (χ0v) is 30.0. The third-order valence-electron chi connectivity index (χ3n) is 2.71. The number of rotatable bonds is 26. The highest BCUT2D eigenvalue weighted by molar-refractivity contribution is 8.30. The number of thiol groups is 1. The molecule has 0 rings (SSSR count). The Hall–Kier alpha value is 2.92. The Kier molecular flexibility index (Phi) is 35.1. The quantitative estimate of drug-likeness (QED) is 0.0319. The van der Waals surface area contributed by atoms with Gasteiger partial charge < -0.3 is 10.4 Å². The third kappa shape index (κ3) is 31.4. The molecule has 0 aliphatic carbocycles. The SMILES string of the molecule is O=C(NCSCSCSCSC/N=C\S(=O)CSCO)SCSCSCSCSCS(=O)/C=N\CS. The fourth-order valence-electron chi connectivity index (χ4n) is 1.44. The lowest BCUT2D eigenvalue weighted by Gasteiger charge is -2.05. The Labute approximate surface area is 268 Å². The first-order valence-electron chi connectivity index (χ1n) is 9.66. The van der Waals surface area contributed by atoms with Gasteiger partial charge in [0, 0.05) is 35.6 Å². The predicted molar refractivity (Wildman–Crippen MR) is 192 cm³/mol. The first-order chi connectivity index (χ1) is 17.6. The lowest BCUT2D eigenvalue weighted by atomic mass is 11.2. The molecule has 0 bridgehead atoms. The normalized spacial score (nSPS) is 13.5. The van der Waals surface area contributed by atoms with Gasteiger partial charge in [-0.2, -0.15) is 12.6 Å². The van der Waals surface area contributed by atoms with Gasteiger partial charge in [-0.3, -0.25) is 23.2 Å². The first kappa shape index (κ1) is 38.9. The largest absolute Gasteiger partial charge is 0.386 e. The summed E-state index contributed by atoms with van der Waals surface area (Å²) in [7, 11) is -2.12. The Morgan fingerprint density at radius 3 is 1.92 bits per heavy atom. The van der Waals surface area contributed by atoms with Crippen LogP contribution in [0.15, 0.2) is 9.98 Å². The summed E-state index contributed by atoms with van der Waals surface area (Å²) in [5.74, 6) is 1.57. The maximum atomic E-state index is 11.8. The van der Waals surface area contributed by atoms with Crippen LogP contribution < -0.4 is 5.32 Å². The molecule has 2 unspecified atom stereocenters. The van der Waals surface area contributed by atoms with Crippen LogP contribution in [0.5, 0.6) is 0 Å². The molecule has 0 heterocycles. The molecule has 0 aromatic carbocycles. The number of aliphatic imine (C=N–C) groups is 2. The minimum Gasteiger partial charge on any atom is -0.386 e. The van der Waals surface area contributed by atoms with Gasteiger partial charge in [0.2, 0.25) is 0 Å². The average molecular weight is 746 g/mol. The molecule has 212 valence electrons. The molecule has 0 aromatic rings. The fourth-order valence-corrected chi connectivity index (χ4v) is 14.5. The highest BCUT2D eigenvalue weighted by Gasteiger charge is 2.02. The molecule has 0 spiro atoms. The molecule has 0 fully saturated rings. The van der Waals surface area contributed by atoms with E-state index in [2.05, 4.69) is 27.9 Å². The highest BCUT2D eigenvalue weighted by Crippen LogP contribution is 2.24. The van der Waals surface area contributed by atoms with Crippen LogP contribution in [0.25, 0.3) is 0 Å². The van der Waals surface area contributed by atoms with Crippen LogP contribution >= 0.6 is 130 Å². The van der Waals surface area contributed by atoms with E-state index in [0.717, 1.165) is 35.6 Å². The number of thioether (sulfide) groups is 10. The van der Waals surface area contributed by atoms with Gasteiger partial charge in [0.1, 0.15) is 0 Å². The molecule has 1 amide bonds. The average Bonchev–Trinajstić information content (AvgIpc) is 2.87. The van der Waals surface area contributed by atoms with Crippen molar-refractivity contribution in [3.05, 3.63) is 0 Å². The molecule has 0 aliphatic rings. The molecule has 2 N–H and O–H groups in total. The van der Waals surface area contributed by atoms with E-state index in [1.165, 1.54) is 34.6 Å². The van der Waals surface area contributed by atoms with Crippen molar-refractivity contribution in [1.29, 1.82) is 0 Å². The van der Waals surface area contributed by atoms with Crippen molar-refractivity contribution in [1.82, 2.24) is 5.32 Å². The number of nitrogens with zero attached hydrogens (tertiary/aromatic N) is 2. The number of aliphatic hydroxyl groups is 1. The van der Waals surface area contributed by atoms with E-state index in [-0.39, 0.29) is 11.2 Å². The van der Waals surface area contributed by atoms with Crippen molar-refractivity contribution < 1.29 is 18.3 Å². The number of hydrogen-bond acceptors (Lipinski definition) is 17. The van der Waals surface area contributed by atoms with Gasteiger partial charge in [0.25, 0.3) is 5.24 Å². The van der Waals surface area contributed by atoms with Crippen molar-refractivity contribution in [2.24, 2.45) is 9.98 Å². The maximum Gasteiger partial charge on any atom is 0.280 e. The van der Waals surface area contributed by atoms with Crippen molar-refractivity contribution in [2.75, 3.05) is 69.3 Å². The standard InChI is InChI=1S/C16H31N3O4S13/c20-6-27-14-36(23)5-18-2-25-7-28-9-29-8-26-3-19-16(21)34-13-32-11-30-10-31-12-33-15-35(22)4-17-1-24/h4-5,20,24H,1-3,6-15H2,(H,19,21)/b17-4-,18-5-. The second-order valence-electron chi connectivity index (χ2n) is 5.39. The number of aliphatic hydroxyl groups excluding tert-OH is 1. The van der Waals surface area contributed by atoms with Crippen LogP contribution in [0.4, 0.5) is 4.79 Å². The molecular weight excluding hydrogens is 715 g/mol. The van der Waals surface area contributed by atoms with Gasteiger partial charge in [-0.1, -0.05) is 11.8 Å². The van der Waals surface area contributed by atoms with Crippen LogP contribution in [-0.2, 0) is 21.6 Å². The van der Waals surface area contributed by atoms with Gasteiger partial charge in [-0.15, -0.1) is 106 Å². The van der Waals surface area contributed by atoms with Crippen LogP contribution in [-0.4, -0.2) is 99.2 Å². The fraction of sp³-hybridized carbons (Fsp3) is 0.812. The topological polar surface area (TPSA) is 108 Å². The summed E-state index contributed by atoms with van der Waals surface area (Å²) < 4.78 is 22.9. The second-order valence-corrected chi connectivity index (χ2v) is 21.2. The number of nitrogens with one attached hydrogen (secondary N) is 1. The molecule has 2 atom stereocenters. The van der Waals surface area contributed by atoms with Crippen LogP contribution in [0, 0.1) is 0 Å². The molecule has 0 radical (unpaired) electrons. The summed E-state index contributed by atoms with van der Waals surface area (Å²) in [5, 5.41) is 19.0. The summed E-state index contributed by atoms with van der Waals surface area (Å²) in [6.45, 7) is 0. The van der Waals surface area contributed by atoms with E-state index >= 15 is 0 Å². The van der Waals surface area contributed by atoms with Crippen molar-refractivity contribution >= 4 is 168 Å². The molecule has 7 nitrogen and oxygen atoms in total. The summed E-state index contributed by atoms with van der Waals surface area (Å²) in [4.78, 5) is 19.8. The van der Waals surface area contributed by atoms with Crippen molar-refractivity contribution in [3.63, 3.8) is 0 Å². The molecule has 0 aliphatic heterocycles. The number of carbonyl (C=O) groups is 1. The monoisotopic (exact) mass is 745 g/mol. The van der Waals surface area contributed by atoms with Crippen LogP contribution in [0.2, 0.25) is 0 Å². The molecule has 0 saturated heterocycles. The predicted octanol–water partition coefficient (Wildman–Crippen LogP) is 5.95. The van der Waals surface area contributed by atoms with Crippen molar-refractivity contribution in [2.45, 2.75) is 0 Å². The second kappa shape index (κ2) is 32.4. The van der Waals surface area contributed by atoms with Gasteiger partial charge in [-0.05, 0) is 0 Å². The lowest BCUT2D eigenvalue weighted by Crippen LogP contribution is -2.17. The molecule has 36 heavy (non-hydrogen) atoms. The zero-order valence-electron chi connectivity index (χ0n) is 19.3. The highest BCUT2D eigenvalue weighted by atomic mass is 32.3. The summed E-state index contributed by atoms with van der Waals surface area (Å²) >= 11 is 20.6. The molecule has 0 saturated carbocycles. The zero-order chi connectivity index (χ0) is 26.5. The smallest absolute Gasteiger partial charge is 0.280 e. The van der Waals surface area contributed by atoms with E-state index < -0.39 is 21.6 Å². The summed E-state index contributed by atoms with van der Waals surface area (Å²) in [6.07, 6.45) is 0. The van der Waals surface area contributed by atoms with Crippen LogP contribution in [0.3, 0.4) is 0 Å². The van der Waals surface area contributed by atoms with Crippen molar-refractivity contribution in [3.8, 4) is 0 Å². The van der Waals surface area contributed by atoms with E-state index in [1.807, 2.05) is 47.0 Å². The third-order valence-corrected chi connectivity index (χ3v) is 17.2. The molecule has 20 heteroatoms. The first-order valence-corrected chi connectivity index (χ1v) is 24.4. The van der Waals surface area contributed by atoms with E-state index in [9.17, 15) is 13.2 Å². The van der Waals surface area contributed by atoms with Crippen LogP contribution in [0.1, 0.15) is 0 Å².